The Morgan fingerprint density at radius 3 is 2.44 bits per heavy atom. The van der Waals surface area contributed by atoms with Gasteiger partial charge in [-0.2, -0.15) is 15.0 Å². The van der Waals surface area contributed by atoms with E-state index in [9.17, 15) is 0 Å². The zero-order chi connectivity index (χ0) is 18.6. The van der Waals surface area contributed by atoms with Gasteiger partial charge in [0.1, 0.15) is 0 Å². The van der Waals surface area contributed by atoms with Crippen LogP contribution >= 0.6 is 11.6 Å². The molecule has 3 aromatic rings. The third-order valence-corrected chi connectivity index (χ3v) is 4.89. The Bertz CT molecular complexity index is 920. The lowest BCUT2D eigenvalue weighted by Crippen LogP contribution is -2.31. The SMILES string of the molecule is Cc1ccc(Nc2nc(-c3cccc(Cl)c3)nc(N3CCCCC3)n2)cc1. The van der Waals surface area contributed by atoms with Crippen molar-refractivity contribution in [2.75, 3.05) is 23.3 Å². The van der Waals surface area contributed by atoms with Crippen LogP contribution in [0.3, 0.4) is 0 Å². The molecule has 4 rings (SSSR count). The highest BCUT2D eigenvalue weighted by Crippen LogP contribution is 2.25. The predicted molar refractivity (Wildman–Crippen MR) is 111 cm³/mol. The molecule has 0 spiro atoms. The lowest BCUT2D eigenvalue weighted by atomic mass is 10.1. The number of hydrogen-bond donors (Lipinski definition) is 1. The van der Waals surface area contributed by atoms with E-state index in [1.54, 1.807) is 0 Å². The number of piperidine rings is 1. The Morgan fingerprint density at radius 2 is 1.70 bits per heavy atom. The van der Waals surface area contributed by atoms with Crippen LogP contribution in [0.15, 0.2) is 48.5 Å². The van der Waals surface area contributed by atoms with Gasteiger partial charge in [0.2, 0.25) is 11.9 Å². The van der Waals surface area contributed by atoms with E-state index in [1.807, 2.05) is 36.4 Å². The summed E-state index contributed by atoms with van der Waals surface area (Å²) >= 11 is 6.17. The van der Waals surface area contributed by atoms with Crippen molar-refractivity contribution in [1.29, 1.82) is 0 Å². The molecule has 2 heterocycles. The summed E-state index contributed by atoms with van der Waals surface area (Å²) in [6.45, 7) is 4.02. The van der Waals surface area contributed by atoms with Crippen molar-refractivity contribution in [3.05, 3.63) is 59.1 Å². The van der Waals surface area contributed by atoms with Crippen molar-refractivity contribution in [2.24, 2.45) is 0 Å². The molecule has 6 heteroatoms. The van der Waals surface area contributed by atoms with Crippen molar-refractivity contribution in [1.82, 2.24) is 15.0 Å². The fraction of sp³-hybridized carbons (Fsp3) is 0.286. The van der Waals surface area contributed by atoms with Gasteiger partial charge in [-0.15, -0.1) is 0 Å². The molecule has 0 unspecified atom stereocenters. The van der Waals surface area contributed by atoms with Gasteiger partial charge in [0.05, 0.1) is 0 Å². The molecule has 1 fully saturated rings. The summed E-state index contributed by atoms with van der Waals surface area (Å²) in [6.07, 6.45) is 3.59. The van der Waals surface area contributed by atoms with Gasteiger partial charge in [-0.3, -0.25) is 0 Å². The number of rotatable bonds is 4. The van der Waals surface area contributed by atoms with E-state index in [0.717, 1.165) is 24.3 Å². The molecule has 0 bridgehead atoms. The van der Waals surface area contributed by atoms with Crippen LogP contribution in [0.2, 0.25) is 5.02 Å². The summed E-state index contributed by atoms with van der Waals surface area (Å²) in [5.41, 5.74) is 3.05. The highest BCUT2D eigenvalue weighted by molar-refractivity contribution is 6.30. The van der Waals surface area contributed by atoms with E-state index < -0.39 is 0 Å². The smallest absolute Gasteiger partial charge is 0.232 e. The van der Waals surface area contributed by atoms with E-state index in [-0.39, 0.29) is 0 Å². The Labute approximate surface area is 164 Å². The maximum atomic E-state index is 6.17. The quantitative estimate of drug-likeness (QED) is 0.672. The van der Waals surface area contributed by atoms with E-state index in [4.69, 9.17) is 16.6 Å². The molecule has 1 saturated heterocycles. The minimum Gasteiger partial charge on any atom is -0.341 e. The van der Waals surface area contributed by atoms with Gasteiger partial charge in [-0.25, -0.2) is 0 Å². The predicted octanol–water partition coefficient (Wildman–Crippen LogP) is 5.23. The first kappa shape index (κ1) is 17.7. The van der Waals surface area contributed by atoms with Gasteiger partial charge in [-0.05, 0) is 50.5 Å². The number of hydrogen-bond acceptors (Lipinski definition) is 5. The Kier molecular flexibility index (Phi) is 5.21. The highest BCUT2D eigenvalue weighted by atomic mass is 35.5. The van der Waals surface area contributed by atoms with Crippen LogP contribution in [-0.4, -0.2) is 28.0 Å². The Morgan fingerprint density at radius 1 is 0.926 bits per heavy atom. The number of halogens is 1. The lowest BCUT2D eigenvalue weighted by Gasteiger charge is -2.27. The largest absolute Gasteiger partial charge is 0.341 e. The summed E-state index contributed by atoms with van der Waals surface area (Å²) in [7, 11) is 0. The molecule has 0 atom stereocenters. The average Bonchev–Trinajstić information content (AvgIpc) is 2.70. The molecule has 5 nitrogen and oxygen atoms in total. The second-order valence-corrected chi connectivity index (χ2v) is 7.27. The first-order chi connectivity index (χ1) is 13.2. The molecule has 0 saturated carbocycles. The van der Waals surface area contributed by atoms with E-state index in [1.165, 1.54) is 24.8 Å². The molecule has 1 aromatic heterocycles. The number of aromatic nitrogens is 3. The van der Waals surface area contributed by atoms with Gasteiger partial charge in [0, 0.05) is 29.4 Å². The van der Waals surface area contributed by atoms with E-state index >= 15 is 0 Å². The molecule has 1 aliphatic rings. The van der Waals surface area contributed by atoms with E-state index in [0.29, 0.717) is 22.7 Å². The number of aryl methyl sites for hydroxylation is 1. The van der Waals surface area contributed by atoms with E-state index in [2.05, 4.69) is 39.2 Å². The summed E-state index contributed by atoms with van der Waals surface area (Å²) in [5.74, 6) is 1.89. The molecule has 2 aromatic carbocycles. The van der Waals surface area contributed by atoms with Crippen molar-refractivity contribution < 1.29 is 0 Å². The van der Waals surface area contributed by atoms with Crippen molar-refractivity contribution in [2.45, 2.75) is 26.2 Å². The third kappa shape index (κ3) is 4.37. The number of anilines is 3. The summed E-state index contributed by atoms with van der Waals surface area (Å²) in [5, 5.41) is 3.98. The van der Waals surface area contributed by atoms with Gasteiger partial charge in [0.15, 0.2) is 5.82 Å². The normalized spacial score (nSPS) is 14.2. The van der Waals surface area contributed by atoms with Crippen molar-refractivity contribution in [3.8, 4) is 11.4 Å². The monoisotopic (exact) mass is 379 g/mol. The molecule has 1 aliphatic heterocycles. The second kappa shape index (κ2) is 7.92. The first-order valence-corrected chi connectivity index (χ1v) is 9.66. The van der Waals surface area contributed by atoms with Crippen LogP contribution in [0.1, 0.15) is 24.8 Å². The fourth-order valence-electron chi connectivity index (χ4n) is 3.18. The van der Waals surface area contributed by atoms with Crippen molar-refractivity contribution in [3.63, 3.8) is 0 Å². The molecule has 0 amide bonds. The van der Waals surface area contributed by atoms with Crippen molar-refractivity contribution >= 4 is 29.2 Å². The maximum absolute atomic E-state index is 6.17. The molecular formula is C21H22ClN5. The minimum absolute atomic E-state index is 0.546. The lowest BCUT2D eigenvalue weighted by molar-refractivity contribution is 0.568. The minimum atomic E-state index is 0.546. The second-order valence-electron chi connectivity index (χ2n) is 6.83. The van der Waals surface area contributed by atoms with Gasteiger partial charge >= 0.3 is 0 Å². The molecule has 138 valence electrons. The van der Waals surface area contributed by atoms with Crippen LogP contribution < -0.4 is 10.2 Å². The molecule has 0 radical (unpaired) electrons. The molecule has 27 heavy (non-hydrogen) atoms. The topological polar surface area (TPSA) is 53.9 Å². The highest BCUT2D eigenvalue weighted by Gasteiger charge is 2.17. The number of nitrogens with zero attached hydrogens (tertiary/aromatic N) is 4. The van der Waals surface area contributed by atoms with Crippen LogP contribution in [0.5, 0.6) is 0 Å². The maximum Gasteiger partial charge on any atom is 0.232 e. The van der Waals surface area contributed by atoms with Crippen LogP contribution in [0, 0.1) is 6.92 Å². The zero-order valence-corrected chi connectivity index (χ0v) is 16.1. The summed E-state index contributed by atoms with van der Waals surface area (Å²) in [6, 6.07) is 15.8. The van der Waals surface area contributed by atoms with Crippen LogP contribution in [0.4, 0.5) is 17.6 Å². The van der Waals surface area contributed by atoms with Gasteiger partial charge < -0.3 is 10.2 Å². The zero-order valence-electron chi connectivity index (χ0n) is 15.3. The average molecular weight is 380 g/mol. The van der Waals surface area contributed by atoms with Gasteiger partial charge in [-0.1, -0.05) is 41.4 Å². The third-order valence-electron chi connectivity index (χ3n) is 4.65. The first-order valence-electron chi connectivity index (χ1n) is 9.28. The standard InChI is InChI=1S/C21H22ClN5/c1-15-8-10-18(11-9-15)23-20-24-19(16-6-5-7-17(22)14-16)25-21(26-20)27-12-3-2-4-13-27/h5-11,14H,2-4,12-13H2,1H3,(H,23,24,25,26). The number of nitrogens with one attached hydrogen (secondary N) is 1. The Balaban J connectivity index is 1.72. The summed E-state index contributed by atoms with van der Waals surface area (Å²) in [4.78, 5) is 16.3. The molecule has 1 N–H and O–H groups in total. The van der Waals surface area contributed by atoms with Gasteiger partial charge in [0.25, 0.3) is 0 Å². The molecular weight excluding hydrogens is 358 g/mol. The van der Waals surface area contributed by atoms with Crippen LogP contribution in [0.25, 0.3) is 11.4 Å². The summed E-state index contributed by atoms with van der Waals surface area (Å²) < 4.78 is 0. The van der Waals surface area contributed by atoms with Crippen LogP contribution in [-0.2, 0) is 0 Å². The fourth-order valence-corrected chi connectivity index (χ4v) is 3.37. The number of benzene rings is 2. The Hall–Kier alpha value is -2.66. The molecule has 0 aliphatic carbocycles.